The van der Waals surface area contributed by atoms with Crippen LogP contribution in [0.3, 0.4) is 0 Å². The Morgan fingerprint density at radius 3 is 2.34 bits per heavy atom. The number of hydrogen-bond donors (Lipinski definition) is 0. The third-order valence-corrected chi connectivity index (χ3v) is 5.67. The summed E-state index contributed by atoms with van der Waals surface area (Å²) in [6.45, 7) is 6.15. The molecule has 0 aliphatic rings. The fourth-order valence-corrected chi connectivity index (χ4v) is 3.95. The first-order valence-corrected chi connectivity index (χ1v) is 11.3. The lowest BCUT2D eigenvalue weighted by Gasteiger charge is -2.32. The van der Waals surface area contributed by atoms with E-state index in [1.165, 1.54) is 4.57 Å². The van der Waals surface area contributed by atoms with Crippen molar-refractivity contribution < 1.29 is 9.53 Å². The number of rotatable bonds is 7. The van der Waals surface area contributed by atoms with E-state index in [-0.39, 0.29) is 11.5 Å². The van der Waals surface area contributed by atoms with Crippen LogP contribution >= 0.6 is 34.8 Å². The molecule has 0 fully saturated rings. The van der Waals surface area contributed by atoms with Crippen molar-refractivity contribution in [1.29, 1.82) is 0 Å². The lowest BCUT2D eigenvalue weighted by molar-refractivity contribution is -0.132. The van der Waals surface area contributed by atoms with Crippen LogP contribution in [0.15, 0.2) is 47.3 Å². The van der Waals surface area contributed by atoms with Gasteiger partial charge in [0.2, 0.25) is 0 Å². The molecule has 0 spiro atoms. The van der Waals surface area contributed by atoms with Crippen LogP contribution < -0.4 is 10.3 Å². The number of alkyl halides is 2. The maximum Gasteiger partial charge on any atom is 0.266 e. The van der Waals surface area contributed by atoms with E-state index in [2.05, 4.69) is 0 Å². The molecule has 1 atom stereocenters. The molecule has 0 aliphatic heterocycles. The summed E-state index contributed by atoms with van der Waals surface area (Å²) >= 11 is 18.0. The minimum Gasteiger partial charge on any atom is -0.497 e. The van der Waals surface area contributed by atoms with Crippen LogP contribution in [0.1, 0.15) is 32.6 Å². The zero-order valence-corrected chi connectivity index (χ0v) is 20.4. The van der Waals surface area contributed by atoms with Gasteiger partial charge >= 0.3 is 0 Å². The molecule has 9 heteroatoms. The normalized spacial score (nSPS) is 12.4. The summed E-state index contributed by atoms with van der Waals surface area (Å²) in [5.74, 6) is 0.722. The zero-order valence-electron chi connectivity index (χ0n) is 18.2. The molecular formula is C23H24Cl3N3O3. The number of carbonyl (C=O) groups excluding carboxylic acids is 1. The van der Waals surface area contributed by atoms with Crippen molar-refractivity contribution in [1.82, 2.24) is 14.5 Å². The van der Waals surface area contributed by atoms with Crippen molar-refractivity contribution in [2.24, 2.45) is 5.92 Å². The lowest BCUT2D eigenvalue weighted by atomic mass is 10.1. The van der Waals surface area contributed by atoms with E-state index in [9.17, 15) is 9.59 Å². The van der Waals surface area contributed by atoms with E-state index in [0.717, 1.165) is 0 Å². The second-order valence-electron chi connectivity index (χ2n) is 7.83. The summed E-state index contributed by atoms with van der Waals surface area (Å²) < 4.78 is 6.73. The molecule has 0 N–H and O–H groups in total. The fourth-order valence-electron chi connectivity index (χ4n) is 3.53. The first kappa shape index (κ1) is 24.4. The third kappa shape index (κ3) is 5.03. The average molecular weight is 497 g/mol. The molecule has 1 unspecified atom stereocenters. The smallest absolute Gasteiger partial charge is 0.266 e. The number of hydrogen-bond acceptors (Lipinski definition) is 4. The SMILES string of the molecule is COc1ccc(-n2c(C(C)N(CC(C)C)C(=O)C(Cl)Cl)nc3cc(Cl)ccc3c2=O)cc1. The monoisotopic (exact) mass is 495 g/mol. The summed E-state index contributed by atoms with van der Waals surface area (Å²) in [7, 11) is 1.57. The predicted molar refractivity (Wildman–Crippen MR) is 129 cm³/mol. The molecule has 0 bridgehead atoms. The molecule has 1 heterocycles. The van der Waals surface area contributed by atoms with Crippen LogP contribution in [0.2, 0.25) is 5.02 Å². The largest absolute Gasteiger partial charge is 0.497 e. The topological polar surface area (TPSA) is 64.4 Å². The van der Waals surface area contributed by atoms with Gasteiger partial charge in [0, 0.05) is 11.6 Å². The molecule has 170 valence electrons. The molecule has 1 amide bonds. The van der Waals surface area contributed by atoms with Gasteiger partial charge in [-0.3, -0.25) is 14.2 Å². The van der Waals surface area contributed by atoms with Gasteiger partial charge in [-0.05, 0) is 55.3 Å². The molecule has 2 aromatic carbocycles. The van der Waals surface area contributed by atoms with Gasteiger partial charge < -0.3 is 9.64 Å². The Bertz CT molecular complexity index is 1180. The highest BCUT2D eigenvalue weighted by molar-refractivity contribution is 6.53. The van der Waals surface area contributed by atoms with E-state index in [4.69, 9.17) is 44.5 Å². The van der Waals surface area contributed by atoms with E-state index in [1.54, 1.807) is 61.4 Å². The van der Waals surface area contributed by atoms with E-state index in [0.29, 0.717) is 39.7 Å². The number of benzene rings is 2. The number of aromatic nitrogens is 2. The second-order valence-corrected chi connectivity index (χ2v) is 9.36. The molecule has 0 radical (unpaired) electrons. The fraction of sp³-hybridized carbons (Fsp3) is 0.348. The Kier molecular flexibility index (Phi) is 7.70. The van der Waals surface area contributed by atoms with Crippen molar-refractivity contribution in [3.63, 3.8) is 0 Å². The molecular weight excluding hydrogens is 473 g/mol. The number of fused-ring (bicyclic) bond motifs is 1. The Hall–Kier alpha value is -2.28. The van der Waals surface area contributed by atoms with Gasteiger partial charge in [0.05, 0.1) is 29.7 Å². The summed E-state index contributed by atoms with van der Waals surface area (Å²) in [6.07, 6.45) is 0. The molecule has 6 nitrogen and oxygen atoms in total. The standard InChI is InChI=1S/C23H24Cl3N3O3/c1-13(2)12-28(23(31)20(25)26)14(3)21-27-19-11-15(24)5-10-18(19)22(30)29(21)16-6-8-17(32-4)9-7-16/h5-11,13-14,20H,12H2,1-4H3. The number of halogens is 3. The van der Waals surface area contributed by atoms with E-state index >= 15 is 0 Å². The maximum absolute atomic E-state index is 13.6. The van der Waals surface area contributed by atoms with Gasteiger partial charge in [-0.1, -0.05) is 48.7 Å². The summed E-state index contributed by atoms with van der Waals surface area (Å²) in [4.78, 5) is 31.5. The Morgan fingerprint density at radius 1 is 1.12 bits per heavy atom. The quantitative estimate of drug-likeness (QED) is 0.411. The molecule has 32 heavy (non-hydrogen) atoms. The Morgan fingerprint density at radius 2 is 1.78 bits per heavy atom. The van der Waals surface area contributed by atoms with Crippen molar-refractivity contribution in [2.45, 2.75) is 31.6 Å². The highest BCUT2D eigenvalue weighted by Gasteiger charge is 2.30. The molecule has 0 saturated heterocycles. The maximum atomic E-state index is 13.6. The molecule has 1 aromatic heterocycles. The summed E-state index contributed by atoms with van der Waals surface area (Å²) in [6, 6.07) is 11.4. The minimum absolute atomic E-state index is 0.143. The van der Waals surface area contributed by atoms with Crippen LogP contribution in [0.25, 0.3) is 16.6 Å². The average Bonchev–Trinajstić information content (AvgIpc) is 2.76. The molecule has 0 aliphatic carbocycles. The highest BCUT2D eigenvalue weighted by atomic mass is 35.5. The Balaban J connectivity index is 2.28. The van der Waals surface area contributed by atoms with Crippen LogP contribution in [0, 0.1) is 5.92 Å². The molecule has 3 aromatic rings. The lowest BCUT2D eigenvalue weighted by Crippen LogP contribution is -2.41. The second kappa shape index (κ2) is 10.1. The number of methoxy groups -OCH3 is 1. The third-order valence-electron chi connectivity index (χ3n) is 5.06. The number of nitrogens with zero attached hydrogens (tertiary/aromatic N) is 3. The number of ether oxygens (including phenoxy) is 1. The van der Waals surface area contributed by atoms with Gasteiger partial charge in [0.1, 0.15) is 11.6 Å². The first-order chi connectivity index (χ1) is 15.1. The molecule has 0 saturated carbocycles. The predicted octanol–water partition coefficient (Wildman–Crippen LogP) is 5.40. The summed E-state index contributed by atoms with van der Waals surface area (Å²) in [5.41, 5.74) is 0.760. The Labute approximate surface area is 201 Å². The van der Waals surface area contributed by atoms with Crippen LogP contribution in [-0.2, 0) is 4.79 Å². The zero-order chi connectivity index (χ0) is 23.6. The van der Waals surface area contributed by atoms with Gasteiger partial charge in [-0.2, -0.15) is 0 Å². The van der Waals surface area contributed by atoms with Gasteiger partial charge in [-0.15, -0.1) is 0 Å². The van der Waals surface area contributed by atoms with Crippen LogP contribution in [-0.4, -0.2) is 38.8 Å². The minimum atomic E-state index is -1.23. The van der Waals surface area contributed by atoms with E-state index < -0.39 is 16.8 Å². The first-order valence-electron chi connectivity index (χ1n) is 10.1. The van der Waals surface area contributed by atoms with Crippen LogP contribution in [0.5, 0.6) is 5.75 Å². The summed E-state index contributed by atoms with van der Waals surface area (Å²) in [5, 5.41) is 0.873. The van der Waals surface area contributed by atoms with Crippen LogP contribution in [0.4, 0.5) is 0 Å². The number of amides is 1. The number of carbonyl (C=O) groups is 1. The van der Waals surface area contributed by atoms with Crippen molar-refractivity contribution >= 4 is 51.6 Å². The van der Waals surface area contributed by atoms with Gasteiger partial charge in [0.15, 0.2) is 4.84 Å². The van der Waals surface area contributed by atoms with Gasteiger partial charge in [0.25, 0.3) is 11.5 Å². The van der Waals surface area contributed by atoms with E-state index in [1.807, 2.05) is 13.8 Å². The van der Waals surface area contributed by atoms with Crippen molar-refractivity contribution in [2.75, 3.05) is 13.7 Å². The van der Waals surface area contributed by atoms with Crippen molar-refractivity contribution in [3.05, 3.63) is 63.7 Å². The van der Waals surface area contributed by atoms with Crippen molar-refractivity contribution in [3.8, 4) is 11.4 Å². The highest BCUT2D eigenvalue weighted by Crippen LogP contribution is 2.27. The van der Waals surface area contributed by atoms with Gasteiger partial charge in [-0.25, -0.2) is 4.98 Å². The molecule has 3 rings (SSSR count).